The Morgan fingerprint density at radius 2 is 1.93 bits per heavy atom. The Balaban J connectivity index is 1.89. The first-order chi connectivity index (χ1) is 12.8. The van der Waals surface area contributed by atoms with E-state index < -0.39 is 15.8 Å². The van der Waals surface area contributed by atoms with Gasteiger partial charge in [0, 0.05) is 23.6 Å². The number of pyridine rings is 1. The van der Waals surface area contributed by atoms with Gasteiger partial charge in [-0.2, -0.15) is 0 Å². The van der Waals surface area contributed by atoms with Crippen LogP contribution in [0.2, 0.25) is 0 Å². The standard InChI is InChI=1S/C20H19FN2O3S/c1-12-9-19(24)23-8-4-5-14-10-15(11-16(12)20(14)23)27(25,26)22-18-7-3-6-17(21)13(18)2/h3,6-7,9-11,22H,4-5,8H2,1-2H3. The third-order valence-electron chi connectivity index (χ3n) is 5.11. The number of aromatic nitrogens is 1. The van der Waals surface area contributed by atoms with Crippen molar-refractivity contribution in [2.45, 2.75) is 38.1 Å². The fourth-order valence-corrected chi connectivity index (χ4v) is 4.85. The van der Waals surface area contributed by atoms with E-state index in [9.17, 15) is 17.6 Å². The Kier molecular flexibility index (Phi) is 4.07. The molecule has 1 aliphatic heterocycles. The van der Waals surface area contributed by atoms with E-state index >= 15 is 0 Å². The molecule has 0 atom stereocenters. The van der Waals surface area contributed by atoms with Crippen LogP contribution in [0.25, 0.3) is 10.9 Å². The number of nitrogens with one attached hydrogen (secondary N) is 1. The van der Waals surface area contributed by atoms with Gasteiger partial charge in [-0.3, -0.25) is 9.52 Å². The van der Waals surface area contributed by atoms with E-state index in [0.29, 0.717) is 13.0 Å². The van der Waals surface area contributed by atoms with Gasteiger partial charge in [0.05, 0.1) is 16.1 Å². The maximum absolute atomic E-state index is 13.8. The average Bonchev–Trinajstić information content (AvgIpc) is 2.63. The Hall–Kier alpha value is -2.67. The fraction of sp³-hybridized carbons (Fsp3) is 0.250. The molecule has 7 heteroatoms. The average molecular weight is 386 g/mol. The zero-order chi connectivity index (χ0) is 19.3. The van der Waals surface area contributed by atoms with Crippen LogP contribution in [0.1, 0.15) is 23.1 Å². The molecule has 0 fully saturated rings. The van der Waals surface area contributed by atoms with Crippen molar-refractivity contribution in [3.05, 3.63) is 69.3 Å². The first-order valence-corrected chi connectivity index (χ1v) is 10.2. The molecule has 140 valence electrons. The van der Waals surface area contributed by atoms with Crippen molar-refractivity contribution in [2.24, 2.45) is 0 Å². The van der Waals surface area contributed by atoms with Crippen LogP contribution in [-0.2, 0) is 23.0 Å². The van der Waals surface area contributed by atoms with Crippen molar-refractivity contribution in [3.63, 3.8) is 0 Å². The van der Waals surface area contributed by atoms with E-state index in [1.165, 1.54) is 31.2 Å². The molecular formula is C20H19FN2O3S. The normalized spacial score (nSPS) is 13.7. The molecule has 0 unspecified atom stereocenters. The Morgan fingerprint density at radius 3 is 2.70 bits per heavy atom. The van der Waals surface area contributed by atoms with E-state index in [-0.39, 0.29) is 21.7 Å². The summed E-state index contributed by atoms with van der Waals surface area (Å²) in [6.45, 7) is 3.97. The number of halogens is 1. The van der Waals surface area contributed by atoms with Crippen LogP contribution in [0.15, 0.2) is 46.1 Å². The van der Waals surface area contributed by atoms with E-state index in [2.05, 4.69) is 4.72 Å². The monoisotopic (exact) mass is 386 g/mol. The number of benzene rings is 2. The molecule has 1 aromatic heterocycles. The van der Waals surface area contributed by atoms with Crippen LogP contribution >= 0.6 is 0 Å². The Morgan fingerprint density at radius 1 is 1.15 bits per heavy atom. The SMILES string of the molecule is Cc1c(F)cccc1NS(=O)(=O)c1cc2c3c(c1)c(C)cc(=O)n3CCC2. The van der Waals surface area contributed by atoms with Crippen molar-refractivity contribution in [3.8, 4) is 0 Å². The molecule has 1 aliphatic rings. The highest BCUT2D eigenvalue weighted by Gasteiger charge is 2.22. The van der Waals surface area contributed by atoms with Gasteiger partial charge in [-0.25, -0.2) is 12.8 Å². The van der Waals surface area contributed by atoms with Crippen molar-refractivity contribution in [2.75, 3.05) is 4.72 Å². The van der Waals surface area contributed by atoms with Crippen LogP contribution in [0.4, 0.5) is 10.1 Å². The zero-order valence-corrected chi connectivity index (χ0v) is 15.9. The largest absolute Gasteiger partial charge is 0.308 e. The van der Waals surface area contributed by atoms with Crippen LogP contribution < -0.4 is 10.3 Å². The molecule has 27 heavy (non-hydrogen) atoms. The summed E-state index contributed by atoms with van der Waals surface area (Å²) in [6.07, 6.45) is 1.49. The summed E-state index contributed by atoms with van der Waals surface area (Å²) in [5, 5.41) is 0.753. The van der Waals surface area contributed by atoms with E-state index in [0.717, 1.165) is 28.5 Å². The number of nitrogens with zero attached hydrogens (tertiary/aromatic N) is 1. The molecule has 0 amide bonds. The number of rotatable bonds is 3. The summed E-state index contributed by atoms with van der Waals surface area (Å²) < 4.78 is 43.9. The number of anilines is 1. The third kappa shape index (κ3) is 2.92. The predicted octanol–water partition coefficient (Wildman–Crippen LogP) is 3.50. The lowest BCUT2D eigenvalue weighted by atomic mass is 9.99. The first kappa shape index (κ1) is 17.7. The minimum atomic E-state index is -3.90. The van der Waals surface area contributed by atoms with Gasteiger partial charge in [-0.1, -0.05) is 6.07 Å². The predicted molar refractivity (Wildman–Crippen MR) is 103 cm³/mol. The molecule has 0 saturated carbocycles. The van der Waals surface area contributed by atoms with Gasteiger partial charge in [0.25, 0.3) is 15.6 Å². The number of hydrogen-bond acceptors (Lipinski definition) is 3. The molecule has 0 spiro atoms. The van der Waals surface area contributed by atoms with Crippen LogP contribution in [-0.4, -0.2) is 13.0 Å². The molecule has 2 heterocycles. The minimum absolute atomic E-state index is 0.0648. The maximum atomic E-state index is 13.8. The van der Waals surface area contributed by atoms with Crippen molar-refractivity contribution in [1.29, 1.82) is 0 Å². The summed E-state index contributed by atoms with van der Waals surface area (Å²) in [6, 6.07) is 9.03. The maximum Gasteiger partial charge on any atom is 0.261 e. The highest BCUT2D eigenvalue weighted by atomic mass is 32.2. The van der Waals surface area contributed by atoms with Crippen LogP contribution in [0.5, 0.6) is 0 Å². The van der Waals surface area contributed by atoms with Gasteiger partial charge in [0.15, 0.2) is 0 Å². The Labute approximate surface area is 156 Å². The lowest BCUT2D eigenvalue weighted by Gasteiger charge is -2.21. The molecule has 4 rings (SSSR count). The summed E-state index contributed by atoms with van der Waals surface area (Å²) in [4.78, 5) is 12.4. The van der Waals surface area contributed by atoms with E-state index in [1.807, 2.05) is 0 Å². The van der Waals surface area contributed by atoms with Gasteiger partial charge in [0.2, 0.25) is 0 Å². The van der Waals surface area contributed by atoms with Crippen molar-refractivity contribution in [1.82, 2.24) is 4.57 Å². The van der Waals surface area contributed by atoms with Crippen molar-refractivity contribution < 1.29 is 12.8 Å². The molecule has 5 nitrogen and oxygen atoms in total. The van der Waals surface area contributed by atoms with E-state index in [1.54, 1.807) is 23.6 Å². The smallest absolute Gasteiger partial charge is 0.261 e. The second kappa shape index (κ2) is 6.20. The molecule has 0 saturated heterocycles. The second-order valence-corrected chi connectivity index (χ2v) is 8.60. The summed E-state index contributed by atoms with van der Waals surface area (Å²) in [5.41, 5.74) is 2.79. The summed E-state index contributed by atoms with van der Waals surface area (Å²) in [7, 11) is -3.90. The third-order valence-corrected chi connectivity index (χ3v) is 6.46. The lowest BCUT2D eigenvalue weighted by molar-refractivity contribution is 0.598. The lowest BCUT2D eigenvalue weighted by Crippen LogP contribution is -2.25. The summed E-state index contributed by atoms with van der Waals surface area (Å²) in [5.74, 6) is -0.469. The quantitative estimate of drug-likeness (QED) is 0.749. The number of aryl methyl sites for hydroxylation is 3. The molecule has 3 aromatic rings. The highest BCUT2D eigenvalue weighted by molar-refractivity contribution is 7.92. The van der Waals surface area contributed by atoms with Crippen LogP contribution in [0, 0.1) is 19.7 Å². The second-order valence-electron chi connectivity index (χ2n) is 6.92. The highest BCUT2D eigenvalue weighted by Crippen LogP contribution is 2.30. The van der Waals surface area contributed by atoms with Gasteiger partial charge in [0.1, 0.15) is 5.82 Å². The Bertz CT molecular complexity index is 1250. The molecule has 2 aromatic carbocycles. The zero-order valence-electron chi connectivity index (χ0n) is 15.0. The molecular weight excluding hydrogens is 367 g/mol. The topological polar surface area (TPSA) is 68.2 Å². The van der Waals surface area contributed by atoms with Crippen LogP contribution in [0.3, 0.4) is 0 Å². The molecule has 1 N–H and O–H groups in total. The van der Waals surface area contributed by atoms with Gasteiger partial charge in [-0.15, -0.1) is 0 Å². The van der Waals surface area contributed by atoms with Gasteiger partial charge in [-0.05, 0) is 62.1 Å². The van der Waals surface area contributed by atoms with Gasteiger partial charge >= 0.3 is 0 Å². The molecule has 0 bridgehead atoms. The molecule has 0 radical (unpaired) electrons. The fourth-order valence-electron chi connectivity index (χ4n) is 3.65. The first-order valence-electron chi connectivity index (χ1n) is 8.73. The van der Waals surface area contributed by atoms with Crippen molar-refractivity contribution >= 4 is 26.6 Å². The van der Waals surface area contributed by atoms with E-state index in [4.69, 9.17) is 0 Å². The van der Waals surface area contributed by atoms with Gasteiger partial charge < -0.3 is 4.57 Å². The summed E-state index contributed by atoms with van der Waals surface area (Å²) >= 11 is 0. The molecule has 0 aliphatic carbocycles. The number of sulfonamides is 1. The number of hydrogen-bond donors (Lipinski definition) is 1. The minimum Gasteiger partial charge on any atom is -0.308 e.